The molecular weight excluding hydrogens is 232 g/mol. The monoisotopic (exact) mass is 250 g/mol. The molecule has 1 saturated carbocycles. The van der Waals surface area contributed by atoms with Crippen molar-refractivity contribution >= 4 is 16.2 Å². The smallest absolute Gasteiger partial charge is 0.303 e. The van der Waals surface area contributed by atoms with Gasteiger partial charge in [0.1, 0.15) is 0 Å². The topological polar surface area (TPSA) is 95.5 Å². The largest absolute Gasteiger partial charge is 0.481 e. The zero-order valence-electron chi connectivity index (χ0n) is 9.32. The minimum absolute atomic E-state index is 0.0294. The zero-order valence-corrected chi connectivity index (χ0v) is 10.1. The first kappa shape index (κ1) is 13.4. The number of aliphatic carboxylic acids is 1. The lowest BCUT2D eigenvalue weighted by atomic mass is 9.67. The first-order valence-corrected chi connectivity index (χ1v) is 6.83. The molecule has 0 aromatic heterocycles. The molecular formula is C9H18N2O4S. The van der Waals surface area contributed by atoms with Crippen LogP contribution in [0.1, 0.15) is 32.6 Å². The van der Waals surface area contributed by atoms with Crippen LogP contribution in [0.25, 0.3) is 0 Å². The Labute approximate surface area is 95.6 Å². The van der Waals surface area contributed by atoms with E-state index >= 15 is 0 Å². The van der Waals surface area contributed by atoms with Crippen LogP contribution in [0.3, 0.4) is 0 Å². The molecule has 6 nitrogen and oxygen atoms in total. The molecule has 0 aliphatic heterocycles. The molecule has 1 fully saturated rings. The van der Waals surface area contributed by atoms with E-state index in [4.69, 9.17) is 5.11 Å². The van der Waals surface area contributed by atoms with Crippen molar-refractivity contribution in [2.75, 3.05) is 13.1 Å². The molecule has 7 heteroatoms. The fraction of sp³-hybridized carbons (Fsp3) is 0.889. The summed E-state index contributed by atoms with van der Waals surface area (Å²) in [7, 11) is -3.47. The Morgan fingerprint density at radius 1 is 1.38 bits per heavy atom. The first-order chi connectivity index (χ1) is 7.39. The number of rotatable bonds is 7. The lowest BCUT2D eigenvalue weighted by Crippen LogP contribution is -2.46. The minimum Gasteiger partial charge on any atom is -0.481 e. The highest BCUT2D eigenvalue weighted by atomic mass is 32.2. The van der Waals surface area contributed by atoms with Crippen LogP contribution >= 0.6 is 0 Å². The second-order valence-corrected chi connectivity index (χ2v) is 5.83. The van der Waals surface area contributed by atoms with Gasteiger partial charge >= 0.3 is 5.97 Å². The van der Waals surface area contributed by atoms with Gasteiger partial charge in [-0.1, -0.05) is 13.3 Å². The maximum Gasteiger partial charge on any atom is 0.303 e. The van der Waals surface area contributed by atoms with Gasteiger partial charge in [0.25, 0.3) is 10.2 Å². The van der Waals surface area contributed by atoms with Gasteiger partial charge in [0.15, 0.2) is 0 Å². The summed E-state index contributed by atoms with van der Waals surface area (Å²) in [5.74, 6) is -0.873. The third-order valence-electron chi connectivity index (χ3n) is 2.91. The SMILES string of the molecule is CCNS(=O)(=O)NCC1(CC(=O)O)CCC1. The molecule has 0 aromatic carbocycles. The fourth-order valence-corrected chi connectivity index (χ4v) is 2.88. The van der Waals surface area contributed by atoms with Crippen molar-refractivity contribution in [2.45, 2.75) is 32.6 Å². The molecule has 0 radical (unpaired) electrons. The van der Waals surface area contributed by atoms with Crippen LogP contribution in [0, 0.1) is 5.41 Å². The molecule has 1 aliphatic carbocycles. The van der Waals surface area contributed by atoms with E-state index in [0.717, 1.165) is 19.3 Å². The molecule has 0 heterocycles. The number of carbonyl (C=O) groups is 1. The van der Waals surface area contributed by atoms with Crippen molar-refractivity contribution in [1.82, 2.24) is 9.44 Å². The van der Waals surface area contributed by atoms with Crippen molar-refractivity contribution in [2.24, 2.45) is 5.41 Å². The van der Waals surface area contributed by atoms with Gasteiger partial charge in [0.05, 0.1) is 6.42 Å². The highest BCUT2D eigenvalue weighted by molar-refractivity contribution is 7.87. The van der Waals surface area contributed by atoms with E-state index in [0.29, 0.717) is 6.54 Å². The number of nitrogens with one attached hydrogen (secondary N) is 2. The molecule has 0 unspecified atom stereocenters. The Kier molecular flexibility index (Phi) is 4.28. The molecule has 16 heavy (non-hydrogen) atoms. The summed E-state index contributed by atoms with van der Waals surface area (Å²) in [6.45, 7) is 2.21. The number of hydrogen-bond acceptors (Lipinski definition) is 3. The Morgan fingerprint density at radius 2 is 2.00 bits per heavy atom. The Balaban J connectivity index is 2.49. The van der Waals surface area contributed by atoms with Crippen LogP contribution in [-0.4, -0.2) is 32.6 Å². The maximum atomic E-state index is 11.3. The van der Waals surface area contributed by atoms with Crippen LogP contribution in [0.2, 0.25) is 0 Å². The van der Waals surface area contributed by atoms with Gasteiger partial charge in [-0.05, 0) is 18.3 Å². The minimum atomic E-state index is -3.47. The molecule has 0 saturated heterocycles. The van der Waals surface area contributed by atoms with Gasteiger partial charge in [-0.3, -0.25) is 4.79 Å². The summed E-state index contributed by atoms with van der Waals surface area (Å²) < 4.78 is 27.4. The van der Waals surface area contributed by atoms with Crippen molar-refractivity contribution in [3.63, 3.8) is 0 Å². The Hall–Kier alpha value is -0.660. The summed E-state index contributed by atoms with van der Waals surface area (Å²) in [6, 6.07) is 0. The number of carboxylic acids is 1. The van der Waals surface area contributed by atoms with Crippen molar-refractivity contribution < 1.29 is 18.3 Å². The van der Waals surface area contributed by atoms with E-state index in [2.05, 4.69) is 9.44 Å². The molecule has 0 atom stereocenters. The third kappa shape index (κ3) is 3.73. The predicted octanol–water partition coefficient (Wildman–Crippen LogP) is 0.0753. The van der Waals surface area contributed by atoms with Crippen molar-refractivity contribution in [1.29, 1.82) is 0 Å². The first-order valence-electron chi connectivity index (χ1n) is 5.35. The van der Waals surface area contributed by atoms with Gasteiger partial charge in [0, 0.05) is 13.1 Å². The average Bonchev–Trinajstić information content (AvgIpc) is 2.09. The molecule has 1 aliphatic rings. The van der Waals surface area contributed by atoms with Gasteiger partial charge in [-0.2, -0.15) is 8.42 Å². The molecule has 0 spiro atoms. The molecule has 3 N–H and O–H groups in total. The highest BCUT2D eigenvalue weighted by Crippen LogP contribution is 2.43. The van der Waals surface area contributed by atoms with E-state index in [-0.39, 0.29) is 18.4 Å². The second-order valence-electron chi connectivity index (χ2n) is 4.25. The van der Waals surface area contributed by atoms with Crippen LogP contribution in [0.5, 0.6) is 0 Å². The molecule has 1 rings (SSSR count). The standard InChI is InChI=1S/C9H18N2O4S/c1-2-10-16(14,15)11-7-9(4-3-5-9)6-8(12)13/h10-11H,2-7H2,1H3,(H,12,13). The maximum absolute atomic E-state index is 11.3. The summed E-state index contributed by atoms with van der Waals surface area (Å²) in [4.78, 5) is 10.7. The summed E-state index contributed by atoms with van der Waals surface area (Å²) in [6.07, 6.45) is 2.54. The average molecular weight is 250 g/mol. The summed E-state index contributed by atoms with van der Waals surface area (Å²) in [5.41, 5.74) is -0.381. The number of hydrogen-bond donors (Lipinski definition) is 3. The van der Waals surface area contributed by atoms with Gasteiger partial charge in [-0.25, -0.2) is 9.44 Å². The van der Waals surface area contributed by atoms with E-state index in [1.54, 1.807) is 6.92 Å². The van der Waals surface area contributed by atoms with Crippen molar-refractivity contribution in [3.8, 4) is 0 Å². The van der Waals surface area contributed by atoms with Gasteiger partial charge < -0.3 is 5.11 Å². The molecule has 0 amide bonds. The molecule has 0 aromatic rings. The lowest BCUT2D eigenvalue weighted by Gasteiger charge is -2.40. The number of carboxylic acid groups (broad SMARTS) is 1. The normalized spacial score (nSPS) is 19.1. The van der Waals surface area contributed by atoms with Crippen LogP contribution in [0.15, 0.2) is 0 Å². The van der Waals surface area contributed by atoms with Crippen LogP contribution in [0.4, 0.5) is 0 Å². The highest BCUT2D eigenvalue weighted by Gasteiger charge is 2.39. The second kappa shape index (κ2) is 5.11. The summed E-state index contributed by atoms with van der Waals surface area (Å²) >= 11 is 0. The third-order valence-corrected chi connectivity index (χ3v) is 4.11. The molecule has 0 bridgehead atoms. The van der Waals surface area contributed by atoms with E-state index in [1.807, 2.05) is 0 Å². The van der Waals surface area contributed by atoms with Gasteiger partial charge in [-0.15, -0.1) is 0 Å². The lowest BCUT2D eigenvalue weighted by molar-refractivity contribution is -0.141. The van der Waals surface area contributed by atoms with E-state index in [1.165, 1.54) is 0 Å². The Bertz CT molecular complexity index is 349. The predicted molar refractivity (Wildman–Crippen MR) is 59.1 cm³/mol. The van der Waals surface area contributed by atoms with E-state index < -0.39 is 16.2 Å². The Morgan fingerprint density at radius 3 is 2.38 bits per heavy atom. The quantitative estimate of drug-likeness (QED) is 0.596. The molecule has 94 valence electrons. The summed E-state index contributed by atoms with van der Waals surface area (Å²) in [5, 5.41) is 8.75. The van der Waals surface area contributed by atoms with E-state index in [9.17, 15) is 13.2 Å². The van der Waals surface area contributed by atoms with Crippen molar-refractivity contribution in [3.05, 3.63) is 0 Å². The van der Waals surface area contributed by atoms with Crippen LogP contribution in [-0.2, 0) is 15.0 Å². The zero-order chi connectivity index (χ0) is 12.2. The van der Waals surface area contributed by atoms with Crippen LogP contribution < -0.4 is 9.44 Å². The van der Waals surface area contributed by atoms with Gasteiger partial charge in [0.2, 0.25) is 0 Å². The fourth-order valence-electron chi connectivity index (χ4n) is 1.90.